The number of amides is 3. The summed E-state index contributed by atoms with van der Waals surface area (Å²) in [6.07, 6.45) is 2.59. The van der Waals surface area contributed by atoms with E-state index in [0.717, 1.165) is 0 Å². The second-order valence-electron chi connectivity index (χ2n) is 6.58. The van der Waals surface area contributed by atoms with E-state index in [2.05, 4.69) is 16.0 Å². The van der Waals surface area contributed by atoms with Crippen LogP contribution in [0.2, 0.25) is 0 Å². The molecule has 0 fully saturated rings. The highest BCUT2D eigenvalue weighted by Gasteiger charge is 2.30. The van der Waals surface area contributed by atoms with E-state index in [1.165, 1.54) is 11.8 Å². The summed E-state index contributed by atoms with van der Waals surface area (Å²) in [7, 11) is 0. The van der Waals surface area contributed by atoms with Crippen LogP contribution in [-0.2, 0) is 19.2 Å². The quantitative estimate of drug-likeness (QED) is 0.156. The molecule has 0 aromatic carbocycles. The average Bonchev–Trinajstić information content (AvgIpc) is 2.70. The minimum atomic E-state index is -1.45. The maximum Gasteiger partial charge on any atom is 0.326 e. The van der Waals surface area contributed by atoms with Gasteiger partial charge >= 0.3 is 5.97 Å². The molecular weight excluding hydrogens is 404 g/mol. The Morgan fingerprint density at radius 1 is 0.931 bits per heavy atom. The lowest BCUT2D eigenvalue weighted by atomic mass is 9.99. The minimum Gasteiger partial charge on any atom is -0.480 e. The number of aliphatic hydroxyl groups is 2. The van der Waals surface area contributed by atoms with Gasteiger partial charge in [-0.05, 0) is 24.3 Å². The molecule has 0 rings (SSSR count). The van der Waals surface area contributed by atoms with E-state index in [9.17, 15) is 29.4 Å². The predicted molar refractivity (Wildman–Crippen MR) is 108 cm³/mol. The molecule has 0 saturated heterocycles. The van der Waals surface area contributed by atoms with Gasteiger partial charge in [0, 0.05) is 0 Å². The first-order valence-corrected chi connectivity index (χ1v) is 10.6. The summed E-state index contributed by atoms with van der Waals surface area (Å²) >= 11 is 1.41. The van der Waals surface area contributed by atoms with E-state index >= 15 is 0 Å². The topological polar surface area (TPSA) is 191 Å². The highest BCUT2D eigenvalue weighted by molar-refractivity contribution is 7.98. The first kappa shape index (κ1) is 27.1. The molecule has 0 radical (unpaired) electrons. The van der Waals surface area contributed by atoms with E-state index in [4.69, 9.17) is 10.8 Å². The zero-order valence-corrected chi connectivity index (χ0v) is 17.7. The van der Waals surface area contributed by atoms with Crippen molar-refractivity contribution in [2.24, 2.45) is 11.7 Å². The molecule has 0 aromatic heterocycles. The standard InChI is InChI=1S/C17H32N4O7S/c1-4-9(2)13(18)16(26)21-12(8-23)15(25)20-11(7-22)14(24)19-10(17(27)28)5-6-29-3/h9-13,22-23H,4-8,18H2,1-3H3,(H,19,24)(H,20,25)(H,21,26)(H,27,28). The molecule has 0 aliphatic heterocycles. The second-order valence-corrected chi connectivity index (χ2v) is 7.57. The first-order valence-electron chi connectivity index (χ1n) is 9.22. The number of hydrogen-bond acceptors (Lipinski definition) is 8. The van der Waals surface area contributed by atoms with Crippen LogP contribution in [0.25, 0.3) is 0 Å². The molecule has 0 spiro atoms. The molecule has 0 aromatic rings. The molecule has 0 bridgehead atoms. The van der Waals surface area contributed by atoms with Crippen molar-refractivity contribution in [2.75, 3.05) is 25.2 Å². The molecule has 29 heavy (non-hydrogen) atoms. The molecule has 0 aliphatic rings. The molecule has 12 heteroatoms. The van der Waals surface area contributed by atoms with Crippen LogP contribution in [0.4, 0.5) is 0 Å². The van der Waals surface area contributed by atoms with Crippen LogP contribution in [0.15, 0.2) is 0 Å². The Morgan fingerprint density at radius 3 is 1.76 bits per heavy atom. The van der Waals surface area contributed by atoms with Crippen LogP contribution < -0.4 is 21.7 Å². The zero-order chi connectivity index (χ0) is 22.6. The van der Waals surface area contributed by atoms with E-state index in [-0.39, 0.29) is 12.3 Å². The van der Waals surface area contributed by atoms with Crippen LogP contribution in [0.5, 0.6) is 0 Å². The molecule has 0 saturated carbocycles. The maximum absolute atomic E-state index is 12.3. The monoisotopic (exact) mass is 436 g/mol. The van der Waals surface area contributed by atoms with Crippen molar-refractivity contribution < 1.29 is 34.5 Å². The second kappa shape index (κ2) is 14.1. The summed E-state index contributed by atoms with van der Waals surface area (Å²) in [5.74, 6) is -3.35. The Labute approximate surface area is 174 Å². The van der Waals surface area contributed by atoms with Gasteiger partial charge in [-0.1, -0.05) is 20.3 Å². The van der Waals surface area contributed by atoms with Gasteiger partial charge in [0.2, 0.25) is 17.7 Å². The van der Waals surface area contributed by atoms with Crippen molar-refractivity contribution in [2.45, 2.75) is 50.9 Å². The smallest absolute Gasteiger partial charge is 0.326 e. The summed E-state index contributed by atoms with van der Waals surface area (Å²) in [5, 5.41) is 34.7. The van der Waals surface area contributed by atoms with Crippen molar-refractivity contribution in [1.82, 2.24) is 16.0 Å². The van der Waals surface area contributed by atoms with Crippen LogP contribution in [0.1, 0.15) is 26.7 Å². The van der Waals surface area contributed by atoms with Crippen molar-refractivity contribution in [3.8, 4) is 0 Å². The van der Waals surface area contributed by atoms with E-state index in [0.29, 0.717) is 12.2 Å². The number of carboxylic acid groups (broad SMARTS) is 1. The Balaban J connectivity index is 4.98. The van der Waals surface area contributed by atoms with Gasteiger partial charge in [0.1, 0.15) is 18.1 Å². The SMILES string of the molecule is CCC(C)C(N)C(=O)NC(CO)C(=O)NC(CO)C(=O)NC(CCSC)C(=O)O. The van der Waals surface area contributed by atoms with Gasteiger partial charge in [0.15, 0.2) is 0 Å². The number of nitrogens with one attached hydrogen (secondary N) is 3. The number of nitrogens with two attached hydrogens (primary N) is 1. The molecule has 0 aliphatic carbocycles. The number of aliphatic carboxylic acids is 1. The maximum atomic E-state index is 12.3. The van der Waals surface area contributed by atoms with Gasteiger partial charge in [0.05, 0.1) is 19.3 Å². The number of carboxylic acids is 1. The van der Waals surface area contributed by atoms with Gasteiger partial charge < -0.3 is 37.0 Å². The molecule has 5 atom stereocenters. The van der Waals surface area contributed by atoms with Gasteiger partial charge in [-0.3, -0.25) is 14.4 Å². The Kier molecular flexibility index (Phi) is 13.2. The van der Waals surface area contributed by atoms with Gasteiger partial charge in [-0.2, -0.15) is 11.8 Å². The summed E-state index contributed by atoms with van der Waals surface area (Å²) in [4.78, 5) is 47.9. The van der Waals surface area contributed by atoms with Gasteiger partial charge in [-0.15, -0.1) is 0 Å². The van der Waals surface area contributed by atoms with Crippen LogP contribution in [-0.4, -0.2) is 88.4 Å². The van der Waals surface area contributed by atoms with Crippen LogP contribution in [0, 0.1) is 5.92 Å². The lowest BCUT2D eigenvalue weighted by molar-refractivity contribution is -0.142. The summed E-state index contributed by atoms with van der Waals surface area (Å²) in [6, 6.07) is -4.90. The van der Waals surface area contributed by atoms with Crippen molar-refractivity contribution >= 4 is 35.5 Å². The van der Waals surface area contributed by atoms with Gasteiger partial charge in [-0.25, -0.2) is 4.79 Å². The zero-order valence-electron chi connectivity index (χ0n) is 16.9. The van der Waals surface area contributed by atoms with Crippen molar-refractivity contribution in [3.05, 3.63) is 0 Å². The number of carbonyl (C=O) groups excluding carboxylic acids is 3. The molecule has 11 nitrogen and oxygen atoms in total. The lowest BCUT2D eigenvalue weighted by Crippen LogP contribution is -2.59. The fourth-order valence-corrected chi connectivity index (χ4v) is 2.68. The fraction of sp³-hybridized carbons (Fsp3) is 0.765. The number of aliphatic hydroxyl groups excluding tert-OH is 2. The molecule has 3 amide bonds. The lowest BCUT2D eigenvalue weighted by Gasteiger charge is -2.24. The third-order valence-electron chi connectivity index (χ3n) is 4.42. The summed E-state index contributed by atoms with van der Waals surface area (Å²) < 4.78 is 0. The highest BCUT2D eigenvalue weighted by Crippen LogP contribution is 2.05. The number of carbonyl (C=O) groups is 4. The third kappa shape index (κ3) is 9.43. The average molecular weight is 437 g/mol. The van der Waals surface area contributed by atoms with E-state index in [1.807, 2.05) is 6.92 Å². The van der Waals surface area contributed by atoms with Crippen LogP contribution in [0.3, 0.4) is 0 Å². The fourth-order valence-electron chi connectivity index (χ4n) is 2.21. The minimum absolute atomic E-state index is 0.150. The first-order chi connectivity index (χ1) is 13.6. The van der Waals surface area contributed by atoms with Crippen molar-refractivity contribution in [3.63, 3.8) is 0 Å². The predicted octanol–water partition coefficient (Wildman–Crippen LogP) is -2.36. The van der Waals surface area contributed by atoms with Gasteiger partial charge in [0.25, 0.3) is 0 Å². The Hall–Kier alpha value is -1.89. The molecule has 5 unspecified atom stereocenters. The summed E-state index contributed by atoms with van der Waals surface area (Å²) in [6.45, 7) is 2.06. The number of thioether (sulfide) groups is 1. The normalized spacial score (nSPS) is 16.1. The largest absolute Gasteiger partial charge is 0.480 e. The highest BCUT2D eigenvalue weighted by atomic mass is 32.2. The number of rotatable bonds is 14. The number of hydrogen-bond donors (Lipinski definition) is 7. The van der Waals surface area contributed by atoms with E-state index in [1.54, 1.807) is 13.2 Å². The summed E-state index contributed by atoms with van der Waals surface area (Å²) in [5.41, 5.74) is 5.79. The molecular formula is C17H32N4O7S. The molecule has 0 heterocycles. The van der Waals surface area contributed by atoms with Crippen LogP contribution >= 0.6 is 11.8 Å². The van der Waals surface area contributed by atoms with Crippen molar-refractivity contribution in [1.29, 1.82) is 0 Å². The Bertz CT molecular complexity index is 564. The van der Waals surface area contributed by atoms with E-state index < -0.39 is 61.1 Å². The third-order valence-corrected chi connectivity index (χ3v) is 5.06. The Morgan fingerprint density at radius 2 is 1.38 bits per heavy atom. The molecule has 168 valence electrons. The molecule has 8 N–H and O–H groups in total.